The van der Waals surface area contributed by atoms with Crippen LogP contribution in [-0.4, -0.2) is 75.8 Å². The van der Waals surface area contributed by atoms with Crippen LogP contribution in [0.4, 0.5) is 5.69 Å². The summed E-state index contributed by atoms with van der Waals surface area (Å²) in [6.45, 7) is 5.87. The Morgan fingerprint density at radius 3 is 2.38 bits per heavy atom. The van der Waals surface area contributed by atoms with E-state index in [-0.39, 0.29) is 23.6 Å². The third-order valence-electron chi connectivity index (χ3n) is 9.32. The molecule has 1 N–H and O–H groups in total. The Morgan fingerprint density at radius 2 is 1.60 bits per heavy atom. The largest absolute Gasteiger partial charge is 0.487 e. The van der Waals surface area contributed by atoms with Crippen LogP contribution >= 0.6 is 11.6 Å². The van der Waals surface area contributed by atoms with Crippen molar-refractivity contribution in [3.8, 4) is 5.75 Å². The van der Waals surface area contributed by atoms with E-state index >= 15 is 0 Å². The summed E-state index contributed by atoms with van der Waals surface area (Å²) in [4.78, 5) is 32.0. The molecule has 7 rings (SSSR count). The summed E-state index contributed by atoms with van der Waals surface area (Å²) in [7, 11) is -4.14. The van der Waals surface area contributed by atoms with Crippen LogP contribution in [0.3, 0.4) is 0 Å². The van der Waals surface area contributed by atoms with Crippen molar-refractivity contribution in [2.24, 2.45) is 11.8 Å². The fraction of sp³-hybridized carbons (Fsp3) is 0.548. The first-order valence-corrected chi connectivity index (χ1v) is 17.0. The molecule has 226 valence electrons. The maximum absolute atomic E-state index is 13.4. The first-order chi connectivity index (χ1) is 20.2. The highest BCUT2D eigenvalue weighted by Crippen LogP contribution is 2.40. The molecule has 0 aromatic heterocycles. The van der Waals surface area contributed by atoms with Gasteiger partial charge in [-0.15, -0.1) is 0 Å². The van der Waals surface area contributed by atoms with Gasteiger partial charge in [0.15, 0.2) is 0 Å². The molecular weight excluding hydrogens is 576 g/mol. The van der Waals surface area contributed by atoms with Gasteiger partial charge in [0.25, 0.3) is 10.0 Å². The molecule has 0 spiro atoms. The summed E-state index contributed by atoms with van der Waals surface area (Å²) in [6, 6.07) is 10.7. The molecule has 11 heteroatoms. The molecular formula is C31H39ClN4O5S. The number of hydrogen-bond acceptors (Lipinski definition) is 7. The highest BCUT2D eigenvalue weighted by atomic mass is 35.5. The average molecular weight is 615 g/mol. The molecule has 4 aliphatic heterocycles. The zero-order chi connectivity index (χ0) is 29.3. The molecule has 2 amide bonds. The van der Waals surface area contributed by atoms with E-state index in [4.69, 9.17) is 16.3 Å². The van der Waals surface area contributed by atoms with Crippen molar-refractivity contribution in [2.75, 3.05) is 50.7 Å². The third-order valence-corrected chi connectivity index (χ3v) is 10.9. The minimum Gasteiger partial charge on any atom is -0.487 e. The number of halogens is 1. The van der Waals surface area contributed by atoms with Crippen LogP contribution in [-0.2, 0) is 32.6 Å². The number of carbonyl (C=O) groups excluding carboxylic acids is 2. The number of amides is 2. The smallest absolute Gasteiger partial charge is 0.264 e. The van der Waals surface area contributed by atoms with Gasteiger partial charge in [-0.05, 0) is 85.4 Å². The van der Waals surface area contributed by atoms with Gasteiger partial charge in [0.2, 0.25) is 11.8 Å². The number of nitrogens with zero attached hydrogens (tertiary/aromatic N) is 3. The van der Waals surface area contributed by atoms with Crippen molar-refractivity contribution in [3.63, 3.8) is 0 Å². The van der Waals surface area contributed by atoms with E-state index in [0.29, 0.717) is 42.3 Å². The SMILES string of the molecule is O=C1CCC(=O)N2CCN(CC2)C[C@@H]2CC[C@H]2CN2CCCCc3cc(Cl)ccc3COc3ccc(cc32)S(=O)(=O)N1. The van der Waals surface area contributed by atoms with Crippen LogP contribution in [0.1, 0.15) is 49.7 Å². The first-order valence-electron chi connectivity index (χ1n) is 15.1. The lowest BCUT2D eigenvalue weighted by molar-refractivity contribution is -0.135. The standard InChI is InChI=1S/C31H39ClN4O5S/c32-26-7-6-25-21-41-29-9-8-27-18-28(29)36(12-2-1-3-22(25)17-26)20-24-5-4-23(24)19-34-13-15-35(16-14-34)31(38)11-10-30(37)33-42(27,39)40/h6-9,17-18,23-24H,1-5,10-16,19-21H2,(H,33,37)/t23-,24-/m0/s1. The van der Waals surface area contributed by atoms with Crippen LogP contribution in [0.15, 0.2) is 41.3 Å². The molecule has 9 nitrogen and oxygen atoms in total. The number of carbonyl (C=O) groups is 2. The predicted molar refractivity (Wildman–Crippen MR) is 161 cm³/mol. The molecule has 2 atom stereocenters. The van der Waals surface area contributed by atoms with E-state index in [0.717, 1.165) is 69.7 Å². The summed E-state index contributed by atoms with van der Waals surface area (Å²) in [6.07, 6.45) is 4.94. The molecule has 0 radical (unpaired) electrons. The molecule has 4 bridgehead atoms. The number of anilines is 1. The number of piperazine rings is 1. The quantitative estimate of drug-likeness (QED) is 0.482. The summed E-state index contributed by atoms with van der Waals surface area (Å²) < 4.78 is 35.3. The average Bonchev–Trinajstić information content (AvgIpc) is 2.99. The van der Waals surface area contributed by atoms with Gasteiger partial charge < -0.3 is 14.5 Å². The van der Waals surface area contributed by atoms with Crippen molar-refractivity contribution in [2.45, 2.75) is 56.4 Å². The van der Waals surface area contributed by atoms with E-state index in [1.807, 2.05) is 18.2 Å². The number of aryl methyl sites for hydroxylation is 1. The lowest BCUT2D eigenvalue weighted by Crippen LogP contribution is -2.52. The number of hydrogen-bond donors (Lipinski definition) is 1. The van der Waals surface area contributed by atoms with Gasteiger partial charge in [-0.25, -0.2) is 13.1 Å². The number of sulfonamides is 1. The molecule has 4 heterocycles. The van der Waals surface area contributed by atoms with E-state index in [9.17, 15) is 18.0 Å². The fourth-order valence-corrected chi connectivity index (χ4v) is 7.87. The maximum Gasteiger partial charge on any atom is 0.264 e. The normalized spacial score (nSPS) is 25.5. The fourth-order valence-electron chi connectivity index (χ4n) is 6.64. The summed E-state index contributed by atoms with van der Waals surface area (Å²) >= 11 is 6.31. The van der Waals surface area contributed by atoms with Gasteiger partial charge in [0.05, 0.1) is 10.6 Å². The minimum absolute atomic E-state index is 0.00938. The molecule has 1 saturated heterocycles. The molecule has 2 aromatic rings. The Hall–Kier alpha value is -2.82. The van der Waals surface area contributed by atoms with E-state index in [1.54, 1.807) is 17.0 Å². The van der Waals surface area contributed by atoms with Gasteiger partial charge >= 0.3 is 0 Å². The van der Waals surface area contributed by atoms with E-state index < -0.39 is 15.9 Å². The summed E-state index contributed by atoms with van der Waals surface area (Å²) in [5.74, 6) is 0.879. The van der Waals surface area contributed by atoms with Crippen LogP contribution in [0, 0.1) is 11.8 Å². The summed E-state index contributed by atoms with van der Waals surface area (Å²) in [5, 5.41) is 0.708. The topological polar surface area (TPSA) is 99.3 Å². The second kappa shape index (κ2) is 12.4. The number of benzene rings is 2. The summed E-state index contributed by atoms with van der Waals surface area (Å²) in [5.41, 5.74) is 2.98. The Morgan fingerprint density at radius 1 is 0.810 bits per heavy atom. The number of rotatable bonds is 0. The van der Waals surface area contributed by atoms with Gasteiger partial charge in [0.1, 0.15) is 12.4 Å². The van der Waals surface area contributed by atoms with Crippen molar-refractivity contribution in [1.29, 1.82) is 0 Å². The van der Waals surface area contributed by atoms with Gasteiger partial charge in [-0.2, -0.15) is 0 Å². The lowest BCUT2D eigenvalue weighted by atomic mass is 9.73. The van der Waals surface area contributed by atoms with Crippen molar-refractivity contribution < 1.29 is 22.7 Å². The monoisotopic (exact) mass is 614 g/mol. The molecule has 5 aliphatic rings. The lowest BCUT2D eigenvalue weighted by Gasteiger charge is -2.44. The first kappa shape index (κ1) is 29.3. The molecule has 2 aromatic carbocycles. The van der Waals surface area contributed by atoms with E-state index in [2.05, 4.69) is 14.5 Å². The zero-order valence-corrected chi connectivity index (χ0v) is 25.5. The molecule has 0 unspecified atom stereocenters. The van der Waals surface area contributed by atoms with Crippen LogP contribution < -0.4 is 14.4 Å². The molecule has 2 fully saturated rings. The number of fused-ring (bicyclic) bond motifs is 8. The van der Waals surface area contributed by atoms with E-state index in [1.165, 1.54) is 18.1 Å². The maximum atomic E-state index is 13.4. The zero-order valence-electron chi connectivity index (χ0n) is 23.9. The molecule has 1 aliphatic carbocycles. The molecule has 42 heavy (non-hydrogen) atoms. The number of ether oxygens (including phenoxy) is 1. The van der Waals surface area contributed by atoms with Crippen molar-refractivity contribution >= 4 is 39.1 Å². The second-order valence-corrected chi connectivity index (χ2v) is 14.2. The number of nitrogens with one attached hydrogen (secondary N) is 1. The Bertz CT molecular complexity index is 1440. The Labute approximate surface area is 253 Å². The van der Waals surface area contributed by atoms with Crippen LogP contribution in [0.5, 0.6) is 5.75 Å². The highest BCUT2D eigenvalue weighted by Gasteiger charge is 2.35. The van der Waals surface area contributed by atoms with Crippen molar-refractivity contribution in [3.05, 3.63) is 52.5 Å². The Kier molecular flexibility index (Phi) is 8.65. The third kappa shape index (κ3) is 6.55. The van der Waals surface area contributed by atoms with Crippen molar-refractivity contribution in [1.82, 2.24) is 14.5 Å². The van der Waals surface area contributed by atoms with Gasteiger partial charge in [-0.3, -0.25) is 14.5 Å². The van der Waals surface area contributed by atoms with Gasteiger partial charge in [0, 0.05) is 63.7 Å². The van der Waals surface area contributed by atoms with Crippen LogP contribution in [0.2, 0.25) is 5.02 Å². The molecule has 1 saturated carbocycles. The van der Waals surface area contributed by atoms with Gasteiger partial charge in [-0.1, -0.05) is 17.7 Å². The predicted octanol–water partition coefficient (Wildman–Crippen LogP) is 3.83. The second-order valence-electron chi connectivity index (χ2n) is 12.0. The Balaban J connectivity index is 1.34. The highest BCUT2D eigenvalue weighted by molar-refractivity contribution is 7.90. The van der Waals surface area contributed by atoms with Crippen LogP contribution in [0.25, 0.3) is 0 Å². The minimum atomic E-state index is -4.14.